The van der Waals surface area contributed by atoms with Gasteiger partial charge in [0, 0.05) is 10.9 Å². The maximum absolute atomic E-state index is 12.8. The average Bonchev–Trinajstić information content (AvgIpc) is 2.71. The minimum atomic E-state index is -0.519. The summed E-state index contributed by atoms with van der Waals surface area (Å²) in [5.41, 5.74) is 0.242. The fourth-order valence-electron chi connectivity index (χ4n) is 3.45. The van der Waals surface area contributed by atoms with Crippen LogP contribution in [0.25, 0.3) is 0 Å². The lowest BCUT2D eigenvalue weighted by Gasteiger charge is -2.30. The van der Waals surface area contributed by atoms with Crippen LogP contribution < -0.4 is 4.90 Å². The molecule has 3 rings (SSSR count). The van der Waals surface area contributed by atoms with Crippen molar-refractivity contribution < 1.29 is 9.59 Å². The van der Waals surface area contributed by atoms with Gasteiger partial charge in [-0.1, -0.05) is 35.2 Å². The number of nitriles is 1. The minimum Gasteiger partial charge on any atom is -0.274 e. The van der Waals surface area contributed by atoms with Crippen LogP contribution in [0.5, 0.6) is 0 Å². The molecule has 0 N–H and O–H groups in total. The number of carbonyl (C=O) groups is 2. The van der Waals surface area contributed by atoms with Gasteiger partial charge in [-0.2, -0.15) is 5.26 Å². The first-order valence-corrected chi connectivity index (χ1v) is 7.94. The summed E-state index contributed by atoms with van der Waals surface area (Å²) < 4.78 is 0.759. The number of amides is 2. The lowest BCUT2D eigenvalue weighted by molar-refractivity contribution is -0.127. The van der Waals surface area contributed by atoms with Crippen LogP contribution in [0.2, 0.25) is 0 Å². The van der Waals surface area contributed by atoms with Crippen molar-refractivity contribution in [2.45, 2.75) is 38.5 Å². The van der Waals surface area contributed by atoms with E-state index >= 15 is 0 Å². The zero-order valence-electron chi connectivity index (χ0n) is 11.6. The largest absolute Gasteiger partial charge is 0.274 e. The number of nitrogens with zero attached hydrogens (tertiary/aromatic N) is 2. The summed E-state index contributed by atoms with van der Waals surface area (Å²) in [4.78, 5) is 26.5. The fourth-order valence-corrected chi connectivity index (χ4v) is 3.81. The van der Waals surface area contributed by atoms with Gasteiger partial charge in [0.2, 0.25) is 11.8 Å². The third-order valence-corrected chi connectivity index (χ3v) is 5.02. The van der Waals surface area contributed by atoms with Gasteiger partial charge in [0.25, 0.3) is 0 Å². The molecule has 0 atom stereocenters. The third-order valence-electron chi connectivity index (χ3n) is 4.53. The zero-order valence-corrected chi connectivity index (χ0v) is 13.1. The fraction of sp³-hybridized carbons (Fsp3) is 0.438. The van der Waals surface area contributed by atoms with Crippen LogP contribution in [0.3, 0.4) is 0 Å². The number of benzene rings is 1. The van der Waals surface area contributed by atoms with Gasteiger partial charge in [0.15, 0.2) is 0 Å². The molecule has 4 nitrogen and oxygen atoms in total. The van der Waals surface area contributed by atoms with Crippen LogP contribution in [0.1, 0.15) is 44.1 Å². The first kappa shape index (κ1) is 14.3. The number of hydrogen-bond donors (Lipinski definition) is 0. The predicted octanol–water partition coefficient (Wildman–Crippen LogP) is 3.53. The maximum atomic E-state index is 12.8. The third kappa shape index (κ3) is 2.28. The van der Waals surface area contributed by atoms with Crippen molar-refractivity contribution in [2.24, 2.45) is 5.41 Å². The van der Waals surface area contributed by atoms with Gasteiger partial charge < -0.3 is 0 Å². The van der Waals surface area contributed by atoms with Gasteiger partial charge in [-0.25, -0.2) is 4.90 Å². The average molecular weight is 347 g/mol. The van der Waals surface area contributed by atoms with Crippen LogP contribution in [0, 0.1) is 16.7 Å². The smallest absolute Gasteiger partial charge is 0.240 e. The Hall–Kier alpha value is -1.67. The SMILES string of the molecule is N#Cc1cc(Br)ccc1N1C(=O)CC2(CCCCC2)C1=O. The van der Waals surface area contributed by atoms with E-state index in [1.807, 2.05) is 0 Å². The quantitative estimate of drug-likeness (QED) is 0.730. The number of halogens is 1. The Labute approximate surface area is 131 Å². The molecule has 1 aromatic carbocycles. The molecule has 1 aliphatic heterocycles. The standard InChI is InChI=1S/C16H15BrN2O2/c17-12-4-5-13(11(8-12)10-18)19-14(20)9-16(15(19)21)6-2-1-3-7-16/h4-5,8H,1-3,6-7,9H2. The molecule has 2 aliphatic rings. The van der Waals surface area contributed by atoms with Gasteiger partial charge >= 0.3 is 0 Å². The minimum absolute atomic E-state index is 0.119. The van der Waals surface area contributed by atoms with Crippen molar-refractivity contribution in [1.82, 2.24) is 0 Å². The molecule has 0 unspecified atom stereocenters. The topological polar surface area (TPSA) is 61.2 Å². The van der Waals surface area contributed by atoms with E-state index in [1.54, 1.807) is 18.2 Å². The van der Waals surface area contributed by atoms with Gasteiger partial charge in [0.05, 0.1) is 16.7 Å². The molecule has 1 heterocycles. The molecule has 0 bridgehead atoms. The number of imide groups is 1. The van der Waals surface area contributed by atoms with Gasteiger partial charge in [-0.15, -0.1) is 0 Å². The van der Waals surface area contributed by atoms with E-state index in [9.17, 15) is 14.9 Å². The first-order valence-electron chi connectivity index (χ1n) is 7.14. The van der Waals surface area contributed by atoms with Crippen molar-refractivity contribution in [3.8, 4) is 6.07 Å². The molecule has 0 radical (unpaired) electrons. The van der Waals surface area contributed by atoms with Crippen LogP contribution in [0.15, 0.2) is 22.7 Å². The molecule has 1 saturated heterocycles. The second-order valence-electron chi connectivity index (χ2n) is 5.83. The second kappa shape index (κ2) is 5.27. The highest BCUT2D eigenvalue weighted by Gasteiger charge is 2.52. The van der Waals surface area contributed by atoms with E-state index in [-0.39, 0.29) is 18.2 Å². The molecule has 21 heavy (non-hydrogen) atoms. The number of hydrogen-bond acceptors (Lipinski definition) is 3. The van der Waals surface area contributed by atoms with E-state index in [2.05, 4.69) is 22.0 Å². The Bertz CT molecular complexity index is 657. The highest BCUT2D eigenvalue weighted by atomic mass is 79.9. The summed E-state index contributed by atoms with van der Waals surface area (Å²) in [6.45, 7) is 0. The van der Waals surface area contributed by atoms with Gasteiger partial charge in [-0.3, -0.25) is 9.59 Å². The Morgan fingerprint density at radius 1 is 1.19 bits per heavy atom. The zero-order chi connectivity index (χ0) is 15.0. The van der Waals surface area contributed by atoms with E-state index in [0.717, 1.165) is 36.6 Å². The van der Waals surface area contributed by atoms with Crippen LogP contribution in [0.4, 0.5) is 5.69 Å². The molecular formula is C16H15BrN2O2. The molecule has 108 valence electrons. The van der Waals surface area contributed by atoms with E-state index in [0.29, 0.717) is 11.3 Å². The van der Waals surface area contributed by atoms with Crippen molar-refractivity contribution in [2.75, 3.05) is 4.90 Å². The Balaban J connectivity index is 2.02. The normalized spacial score (nSPS) is 20.9. The molecule has 1 saturated carbocycles. The van der Waals surface area contributed by atoms with Crippen LogP contribution in [-0.4, -0.2) is 11.8 Å². The predicted molar refractivity (Wildman–Crippen MR) is 81.5 cm³/mol. The van der Waals surface area contributed by atoms with Gasteiger partial charge in [0.1, 0.15) is 6.07 Å². The van der Waals surface area contributed by atoms with Crippen molar-refractivity contribution >= 4 is 33.4 Å². The number of anilines is 1. The maximum Gasteiger partial charge on any atom is 0.240 e. The summed E-state index contributed by atoms with van der Waals surface area (Å²) in [7, 11) is 0. The Morgan fingerprint density at radius 2 is 1.90 bits per heavy atom. The molecule has 2 fully saturated rings. The van der Waals surface area contributed by atoms with Gasteiger partial charge in [-0.05, 0) is 31.0 Å². The van der Waals surface area contributed by atoms with E-state index < -0.39 is 5.41 Å². The van der Waals surface area contributed by atoms with Crippen molar-refractivity contribution in [3.63, 3.8) is 0 Å². The first-order chi connectivity index (χ1) is 10.1. The molecular weight excluding hydrogens is 332 g/mol. The lowest BCUT2D eigenvalue weighted by atomic mass is 9.73. The molecule has 1 aliphatic carbocycles. The summed E-state index contributed by atoms with van der Waals surface area (Å²) in [6.07, 6.45) is 4.98. The summed E-state index contributed by atoms with van der Waals surface area (Å²) in [5, 5.41) is 9.26. The molecule has 0 aromatic heterocycles. The Morgan fingerprint density at radius 3 is 2.57 bits per heavy atom. The van der Waals surface area contributed by atoms with E-state index in [4.69, 9.17) is 0 Å². The summed E-state index contributed by atoms with van der Waals surface area (Å²) >= 11 is 3.31. The molecule has 2 amide bonds. The van der Waals surface area contributed by atoms with Crippen LogP contribution >= 0.6 is 15.9 Å². The lowest BCUT2D eigenvalue weighted by Crippen LogP contribution is -2.37. The van der Waals surface area contributed by atoms with Crippen LogP contribution in [-0.2, 0) is 9.59 Å². The molecule has 5 heteroatoms. The molecule has 1 aromatic rings. The molecule has 1 spiro atoms. The van der Waals surface area contributed by atoms with Crippen molar-refractivity contribution in [1.29, 1.82) is 5.26 Å². The number of carbonyl (C=O) groups excluding carboxylic acids is 2. The summed E-state index contributed by atoms with van der Waals surface area (Å²) in [5.74, 6) is -0.299. The number of rotatable bonds is 1. The Kier molecular flexibility index (Phi) is 3.58. The highest BCUT2D eigenvalue weighted by molar-refractivity contribution is 9.10. The summed E-state index contributed by atoms with van der Waals surface area (Å²) in [6, 6.07) is 7.13. The van der Waals surface area contributed by atoms with Crippen molar-refractivity contribution in [3.05, 3.63) is 28.2 Å². The van der Waals surface area contributed by atoms with E-state index in [1.165, 1.54) is 4.90 Å². The second-order valence-corrected chi connectivity index (χ2v) is 6.74. The monoisotopic (exact) mass is 346 g/mol. The highest BCUT2D eigenvalue weighted by Crippen LogP contribution is 2.47.